The molecule has 1 fully saturated rings. The molecule has 130 valence electrons. The maximum Gasteiger partial charge on any atom is 0.218 e. The Kier molecular flexibility index (Phi) is 4.30. The van der Waals surface area contributed by atoms with Crippen molar-refractivity contribution in [2.24, 2.45) is 12.5 Å². The zero-order chi connectivity index (χ0) is 17.5. The summed E-state index contributed by atoms with van der Waals surface area (Å²) in [6.45, 7) is 7.31. The average Bonchev–Trinajstić information content (AvgIpc) is 3.01. The Morgan fingerprint density at radius 3 is 2.71 bits per heavy atom. The minimum Gasteiger partial charge on any atom is -0.276 e. The molecular formula is C18H25N3O2S. The molecule has 0 saturated carbocycles. The van der Waals surface area contributed by atoms with Gasteiger partial charge in [-0.25, -0.2) is 12.7 Å². The van der Waals surface area contributed by atoms with E-state index >= 15 is 0 Å². The normalized spacial score (nSPS) is 21.2. The second-order valence-corrected chi connectivity index (χ2v) is 9.50. The zero-order valence-electron chi connectivity index (χ0n) is 14.7. The minimum atomic E-state index is -3.33. The molecule has 0 aliphatic carbocycles. The van der Waals surface area contributed by atoms with Crippen LogP contribution in [0.15, 0.2) is 36.7 Å². The smallest absolute Gasteiger partial charge is 0.218 e. The molecule has 6 heteroatoms. The summed E-state index contributed by atoms with van der Waals surface area (Å²) in [4.78, 5) is 0. The van der Waals surface area contributed by atoms with E-state index in [1.807, 2.05) is 50.6 Å². The Labute approximate surface area is 144 Å². The molecule has 1 aromatic heterocycles. The summed E-state index contributed by atoms with van der Waals surface area (Å²) in [7, 11) is -1.44. The van der Waals surface area contributed by atoms with Crippen LogP contribution in [0.25, 0.3) is 0 Å². The van der Waals surface area contributed by atoms with E-state index in [1.54, 1.807) is 8.99 Å². The largest absolute Gasteiger partial charge is 0.276 e. The van der Waals surface area contributed by atoms with Crippen LogP contribution in [0.2, 0.25) is 0 Å². The van der Waals surface area contributed by atoms with Crippen molar-refractivity contribution in [2.45, 2.75) is 32.4 Å². The molecule has 1 unspecified atom stereocenters. The molecular weight excluding hydrogens is 322 g/mol. The topological polar surface area (TPSA) is 55.2 Å². The number of aromatic nitrogens is 2. The van der Waals surface area contributed by atoms with Gasteiger partial charge in [0.1, 0.15) is 0 Å². The van der Waals surface area contributed by atoms with Crippen molar-refractivity contribution in [3.05, 3.63) is 53.3 Å². The van der Waals surface area contributed by atoms with E-state index in [-0.39, 0.29) is 17.1 Å². The monoisotopic (exact) mass is 347 g/mol. The van der Waals surface area contributed by atoms with Crippen LogP contribution >= 0.6 is 0 Å². The molecule has 1 aliphatic rings. The molecule has 3 rings (SSSR count). The Balaban J connectivity index is 1.82. The standard InChI is InChI=1S/C18H25N3O2S/c1-14-6-5-7-15(8-14)12-24(22,23)21-11-17(18(2,3)13-21)16-9-19-20(4)10-16/h5-10,17H,11-13H2,1-4H3. The lowest BCUT2D eigenvalue weighted by Crippen LogP contribution is -2.31. The van der Waals surface area contributed by atoms with Crippen LogP contribution in [0.4, 0.5) is 0 Å². The van der Waals surface area contributed by atoms with Gasteiger partial charge in [-0.05, 0) is 23.5 Å². The zero-order valence-corrected chi connectivity index (χ0v) is 15.5. The quantitative estimate of drug-likeness (QED) is 0.854. The van der Waals surface area contributed by atoms with Crippen LogP contribution in [0.1, 0.15) is 36.5 Å². The van der Waals surface area contributed by atoms with Crippen LogP contribution < -0.4 is 0 Å². The lowest BCUT2D eigenvalue weighted by atomic mass is 9.79. The van der Waals surface area contributed by atoms with Crippen molar-refractivity contribution in [3.63, 3.8) is 0 Å². The first-order chi connectivity index (χ1) is 11.2. The summed E-state index contributed by atoms with van der Waals surface area (Å²) in [5.41, 5.74) is 2.92. The number of hydrogen-bond acceptors (Lipinski definition) is 3. The molecule has 1 aromatic carbocycles. The minimum absolute atomic E-state index is 0.0600. The van der Waals surface area contributed by atoms with Gasteiger partial charge in [0.15, 0.2) is 0 Å². The van der Waals surface area contributed by atoms with Crippen LogP contribution in [-0.2, 0) is 22.8 Å². The predicted octanol–water partition coefficient (Wildman–Crippen LogP) is 2.68. The van der Waals surface area contributed by atoms with Gasteiger partial charge >= 0.3 is 0 Å². The summed E-state index contributed by atoms with van der Waals surface area (Å²) in [5, 5.41) is 4.24. The van der Waals surface area contributed by atoms with Crippen molar-refractivity contribution < 1.29 is 8.42 Å². The highest BCUT2D eigenvalue weighted by molar-refractivity contribution is 7.88. The highest BCUT2D eigenvalue weighted by atomic mass is 32.2. The van der Waals surface area contributed by atoms with Gasteiger partial charge in [0.25, 0.3) is 0 Å². The van der Waals surface area contributed by atoms with E-state index in [9.17, 15) is 8.42 Å². The molecule has 0 radical (unpaired) electrons. The van der Waals surface area contributed by atoms with E-state index < -0.39 is 10.0 Å². The maximum atomic E-state index is 12.9. The van der Waals surface area contributed by atoms with E-state index in [0.29, 0.717) is 13.1 Å². The third-order valence-electron chi connectivity index (χ3n) is 4.87. The molecule has 1 saturated heterocycles. The number of sulfonamides is 1. The number of nitrogens with zero attached hydrogens (tertiary/aromatic N) is 3. The molecule has 1 aliphatic heterocycles. The van der Waals surface area contributed by atoms with Crippen LogP contribution in [-0.4, -0.2) is 35.6 Å². The summed E-state index contributed by atoms with van der Waals surface area (Å²) in [6.07, 6.45) is 3.84. The van der Waals surface area contributed by atoms with Crippen molar-refractivity contribution in [3.8, 4) is 0 Å². The SMILES string of the molecule is Cc1cccc(CS(=O)(=O)N2CC(c3cnn(C)c3)C(C)(C)C2)c1. The molecule has 1 atom stereocenters. The molecule has 0 spiro atoms. The molecule has 2 heterocycles. The van der Waals surface area contributed by atoms with Crippen molar-refractivity contribution in [1.29, 1.82) is 0 Å². The van der Waals surface area contributed by atoms with Gasteiger partial charge in [0.2, 0.25) is 10.0 Å². The maximum absolute atomic E-state index is 12.9. The third kappa shape index (κ3) is 3.39. The van der Waals surface area contributed by atoms with Gasteiger partial charge in [-0.15, -0.1) is 0 Å². The van der Waals surface area contributed by atoms with Crippen LogP contribution in [0.3, 0.4) is 0 Å². The lowest BCUT2D eigenvalue weighted by molar-refractivity contribution is 0.346. The van der Waals surface area contributed by atoms with Crippen molar-refractivity contribution in [1.82, 2.24) is 14.1 Å². The van der Waals surface area contributed by atoms with Gasteiger partial charge < -0.3 is 0 Å². The van der Waals surface area contributed by atoms with E-state index in [1.165, 1.54) is 0 Å². The summed E-state index contributed by atoms with van der Waals surface area (Å²) in [6, 6.07) is 7.71. The second kappa shape index (κ2) is 6.01. The molecule has 0 bridgehead atoms. The fourth-order valence-electron chi connectivity index (χ4n) is 3.57. The van der Waals surface area contributed by atoms with Gasteiger partial charge in [-0.3, -0.25) is 4.68 Å². The second-order valence-electron chi connectivity index (χ2n) is 7.53. The van der Waals surface area contributed by atoms with Gasteiger partial charge in [-0.2, -0.15) is 5.10 Å². The van der Waals surface area contributed by atoms with Crippen LogP contribution in [0.5, 0.6) is 0 Å². The van der Waals surface area contributed by atoms with Crippen LogP contribution in [0, 0.1) is 12.3 Å². The molecule has 5 nitrogen and oxygen atoms in total. The average molecular weight is 347 g/mol. The predicted molar refractivity (Wildman–Crippen MR) is 95.1 cm³/mol. The van der Waals surface area contributed by atoms with E-state index in [0.717, 1.165) is 16.7 Å². The summed E-state index contributed by atoms with van der Waals surface area (Å²) < 4.78 is 29.2. The molecule has 0 amide bonds. The molecule has 24 heavy (non-hydrogen) atoms. The number of rotatable bonds is 4. The Bertz CT molecular complexity index is 839. The van der Waals surface area contributed by atoms with Gasteiger partial charge in [0, 0.05) is 32.3 Å². The Hall–Kier alpha value is -1.66. The number of benzene rings is 1. The molecule has 2 aromatic rings. The van der Waals surface area contributed by atoms with Crippen molar-refractivity contribution in [2.75, 3.05) is 13.1 Å². The first kappa shape index (κ1) is 17.2. The third-order valence-corrected chi connectivity index (χ3v) is 6.63. The van der Waals surface area contributed by atoms with Crippen molar-refractivity contribution >= 4 is 10.0 Å². The highest BCUT2D eigenvalue weighted by Crippen LogP contribution is 2.43. The van der Waals surface area contributed by atoms with Gasteiger partial charge in [-0.1, -0.05) is 43.7 Å². The first-order valence-corrected chi connectivity index (χ1v) is 9.80. The van der Waals surface area contributed by atoms with Gasteiger partial charge in [0.05, 0.1) is 11.9 Å². The fourth-order valence-corrected chi connectivity index (χ4v) is 5.26. The Morgan fingerprint density at radius 1 is 1.33 bits per heavy atom. The lowest BCUT2D eigenvalue weighted by Gasteiger charge is -2.24. The number of hydrogen-bond donors (Lipinski definition) is 0. The fraction of sp³-hybridized carbons (Fsp3) is 0.500. The Morgan fingerprint density at radius 2 is 2.08 bits per heavy atom. The highest BCUT2D eigenvalue weighted by Gasteiger charge is 2.44. The summed E-state index contributed by atoms with van der Waals surface area (Å²) >= 11 is 0. The van der Waals surface area contributed by atoms with E-state index in [2.05, 4.69) is 18.9 Å². The number of aryl methyl sites for hydroxylation is 2. The summed E-state index contributed by atoms with van der Waals surface area (Å²) in [5.74, 6) is 0.225. The van der Waals surface area contributed by atoms with E-state index in [4.69, 9.17) is 0 Å². The first-order valence-electron chi connectivity index (χ1n) is 8.19. The molecule has 0 N–H and O–H groups in total.